The third kappa shape index (κ3) is 6.56. The Morgan fingerprint density at radius 1 is 0.833 bits per heavy atom. The van der Waals surface area contributed by atoms with Crippen molar-refractivity contribution in [3.63, 3.8) is 0 Å². The maximum Gasteiger partial charge on any atom is 0.245 e. The molecule has 1 atom stereocenters. The lowest BCUT2D eigenvalue weighted by molar-refractivity contribution is -0.117. The Kier molecular flexibility index (Phi) is 8.95. The van der Waals surface area contributed by atoms with Crippen molar-refractivity contribution in [1.82, 2.24) is 4.72 Å². The van der Waals surface area contributed by atoms with E-state index in [0.717, 1.165) is 11.1 Å². The Hall–Kier alpha value is -3.56. The van der Waals surface area contributed by atoms with Gasteiger partial charge in [-0.25, -0.2) is 8.42 Å². The van der Waals surface area contributed by atoms with Crippen LogP contribution in [0, 0.1) is 0 Å². The van der Waals surface area contributed by atoms with Gasteiger partial charge in [0, 0.05) is 11.8 Å². The molecule has 0 saturated carbocycles. The smallest absolute Gasteiger partial charge is 0.245 e. The summed E-state index contributed by atoms with van der Waals surface area (Å²) in [6, 6.07) is 18.1. The number of ether oxygens (including phenoxy) is 3. The molecular formula is C27H32N2O6S. The third-order valence-electron chi connectivity index (χ3n) is 5.69. The van der Waals surface area contributed by atoms with Crippen LogP contribution in [-0.4, -0.2) is 41.7 Å². The van der Waals surface area contributed by atoms with Gasteiger partial charge in [-0.1, -0.05) is 50.2 Å². The van der Waals surface area contributed by atoms with Crippen molar-refractivity contribution in [2.75, 3.05) is 26.6 Å². The molecular weight excluding hydrogens is 480 g/mol. The standard InChI is InChI=1S/C27H32N2O6S/c1-18(2)20-11-13-24(34-4)26(16-20)36(31,32)29-22(15-19-9-7-6-8-10-19)27(30)28-21-12-14-23(33-3)25(17-21)35-5/h6-14,16-18,22,29H,15H2,1-5H3,(H,28,30). The number of methoxy groups -OCH3 is 3. The van der Waals surface area contributed by atoms with E-state index in [1.165, 1.54) is 21.3 Å². The molecule has 36 heavy (non-hydrogen) atoms. The van der Waals surface area contributed by atoms with Crippen molar-refractivity contribution < 1.29 is 27.4 Å². The molecule has 9 heteroatoms. The lowest BCUT2D eigenvalue weighted by Gasteiger charge is -2.21. The average Bonchev–Trinajstić information content (AvgIpc) is 2.88. The molecule has 3 aromatic carbocycles. The van der Waals surface area contributed by atoms with Gasteiger partial charge in [0.1, 0.15) is 16.7 Å². The van der Waals surface area contributed by atoms with Gasteiger partial charge < -0.3 is 19.5 Å². The lowest BCUT2D eigenvalue weighted by Crippen LogP contribution is -2.45. The fraction of sp³-hybridized carbons (Fsp3) is 0.296. The van der Waals surface area contributed by atoms with Crippen LogP contribution in [-0.2, 0) is 21.2 Å². The summed E-state index contributed by atoms with van der Waals surface area (Å²) in [7, 11) is 0.303. The van der Waals surface area contributed by atoms with Crippen LogP contribution < -0.4 is 24.2 Å². The molecule has 192 valence electrons. The van der Waals surface area contributed by atoms with E-state index in [1.807, 2.05) is 50.2 Å². The van der Waals surface area contributed by atoms with E-state index in [0.29, 0.717) is 17.2 Å². The van der Waals surface area contributed by atoms with Crippen molar-refractivity contribution in [2.45, 2.75) is 37.1 Å². The molecule has 0 aliphatic heterocycles. The molecule has 2 N–H and O–H groups in total. The van der Waals surface area contributed by atoms with E-state index in [1.54, 1.807) is 30.3 Å². The summed E-state index contributed by atoms with van der Waals surface area (Å²) in [5.74, 6) is 0.734. The molecule has 3 rings (SSSR count). The summed E-state index contributed by atoms with van der Waals surface area (Å²) in [4.78, 5) is 13.3. The van der Waals surface area contributed by atoms with Gasteiger partial charge in [-0.3, -0.25) is 4.79 Å². The molecule has 0 heterocycles. The number of sulfonamides is 1. The van der Waals surface area contributed by atoms with Crippen molar-refractivity contribution in [2.24, 2.45) is 0 Å². The van der Waals surface area contributed by atoms with Crippen LogP contribution in [0.4, 0.5) is 5.69 Å². The Morgan fingerprint density at radius 2 is 1.47 bits per heavy atom. The molecule has 0 aliphatic carbocycles. The summed E-state index contributed by atoms with van der Waals surface area (Å²) >= 11 is 0. The van der Waals surface area contributed by atoms with Crippen molar-refractivity contribution in [3.8, 4) is 17.2 Å². The topological polar surface area (TPSA) is 103 Å². The quantitative estimate of drug-likeness (QED) is 0.396. The Labute approximate surface area is 212 Å². The van der Waals surface area contributed by atoms with Gasteiger partial charge in [0.05, 0.1) is 21.3 Å². The van der Waals surface area contributed by atoms with Crippen LogP contribution in [0.25, 0.3) is 0 Å². The van der Waals surface area contributed by atoms with Crippen LogP contribution in [0.3, 0.4) is 0 Å². The van der Waals surface area contributed by atoms with Crippen LogP contribution in [0.1, 0.15) is 30.9 Å². The molecule has 3 aromatic rings. The number of carbonyl (C=O) groups is 1. The van der Waals surface area contributed by atoms with Crippen LogP contribution in [0.15, 0.2) is 71.6 Å². The number of benzene rings is 3. The predicted molar refractivity (Wildman–Crippen MR) is 140 cm³/mol. The van der Waals surface area contributed by atoms with Crippen molar-refractivity contribution in [1.29, 1.82) is 0 Å². The average molecular weight is 513 g/mol. The number of rotatable bonds is 11. The second-order valence-corrected chi connectivity index (χ2v) is 10.2. The van der Waals surface area contributed by atoms with Crippen LogP contribution in [0.5, 0.6) is 17.2 Å². The highest BCUT2D eigenvalue weighted by atomic mass is 32.2. The van der Waals surface area contributed by atoms with Crippen molar-refractivity contribution in [3.05, 3.63) is 77.9 Å². The molecule has 0 bridgehead atoms. The van der Waals surface area contributed by atoms with Crippen molar-refractivity contribution >= 4 is 21.6 Å². The Morgan fingerprint density at radius 3 is 2.08 bits per heavy atom. The molecule has 1 unspecified atom stereocenters. The zero-order valence-electron chi connectivity index (χ0n) is 21.1. The Bertz CT molecular complexity index is 1290. The predicted octanol–water partition coefficient (Wildman–Crippen LogP) is 4.36. The number of hydrogen-bond donors (Lipinski definition) is 2. The molecule has 0 spiro atoms. The van der Waals surface area contributed by atoms with E-state index in [2.05, 4.69) is 10.0 Å². The first-order valence-electron chi connectivity index (χ1n) is 11.5. The third-order valence-corrected chi connectivity index (χ3v) is 7.18. The molecule has 0 saturated heterocycles. The minimum atomic E-state index is -4.12. The maximum absolute atomic E-state index is 13.5. The van der Waals surface area contributed by atoms with E-state index >= 15 is 0 Å². The summed E-state index contributed by atoms with van der Waals surface area (Å²) < 4.78 is 45.5. The van der Waals surface area contributed by atoms with E-state index in [4.69, 9.17) is 14.2 Å². The van der Waals surface area contributed by atoms with E-state index in [9.17, 15) is 13.2 Å². The first-order chi connectivity index (χ1) is 17.2. The van der Waals surface area contributed by atoms with Crippen LogP contribution in [0.2, 0.25) is 0 Å². The zero-order valence-corrected chi connectivity index (χ0v) is 21.9. The van der Waals surface area contributed by atoms with Crippen LogP contribution >= 0.6 is 0 Å². The fourth-order valence-corrected chi connectivity index (χ4v) is 5.09. The minimum absolute atomic E-state index is 0.0202. The summed E-state index contributed by atoms with van der Waals surface area (Å²) in [5, 5.41) is 2.79. The maximum atomic E-state index is 13.5. The van der Waals surface area contributed by atoms with Gasteiger partial charge in [-0.05, 0) is 47.7 Å². The molecule has 1 amide bonds. The second kappa shape index (κ2) is 11.9. The number of hydrogen-bond acceptors (Lipinski definition) is 6. The highest BCUT2D eigenvalue weighted by Crippen LogP contribution is 2.30. The zero-order chi connectivity index (χ0) is 26.3. The monoisotopic (exact) mass is 512 g/mol. The van der Waals surface area contributed by atoms with Gasteiger partial charge in [0.2, 0.25) is 15.9 Å². The molecule has 0 aromatic heterocycles. The van der Waals surface area contributed by atoms with E-state index < -0.39 is 22.0 Å². The lowest BCUT2D eigenvalue weighted by atomic mass is 10.0. The molecule has 0 aliphatic rings. The molecule has 0 fully saturated rings. The fourth-order valence-electron chi connectivity index (χ4n) is 3.69. The number of carbonyl (C=O) groups excluding carboxylic acids is 1. The van der Waals surface area contributed by atoms with Gasteiger partial charge in [0.25, 0.3) is 0 Å². The minimum Gasteiger partial charge on any atom is -0.495 e. The Balaban J connectivity index is 1.95. The highest BCUT2D eigenvalue weighted by Gasteiger charge is 2.29. The van der Waals surface area contributed by atoms with Gasteiger partial charge >= 0.3 is 0 Å². The summed E-state index contributed by atoms with van der Waals surface area (Å²) in [5.41, 5.74) is 2.08. The number of nitrogens with one attached hydrogen (secondary N) is 2. The summed E-state index contributed by atoms with van der Waals surface area (Å²) in [6.45, 7) is 3.95. The van der Waals surface area contributed by atoms with Gasteiger partial charge in [-0.2, -0.15) is 4.72 Å². The van der Waals surface area contributed by atoms with E-state index in [-0.39, 0.29) is 23.0 Å². The normalized spacial score (nSPS) is 12.2. The first-order valence-corrected chi connectivity index (χ1v) is 12.9. The largest absolute Gasteiger partial charge is 0.495 e. The molecule has 0 radical (unpaired) electrons. The number of amides is 1. The summed E-state index contributed by atoms with van der Waals surface area (Å²) in [6.07, 6.45) is 0.144. The highest BCUT2D eigenvalue weighted by molar-refractivity contribution is 7.89. The SMILES string of the molecule is COc1ccc(NC(=O)C(Cc2ccccc2)NS(=O)(=O)c2cc(C(C)C)ccc2OC)cc1OC. The first kappa shape index (κ1) is 27.0. The second-order valence-electron chi connectivity index (χ2n) is 8.49. The number of anilines is 1. The van der Waals surface area contributed by atoms with Gasteiger partial charge in [0.15, 0.2) is 11.5 Å². The molecule has 8 nitrogen and oxygen atoms in total. The van der Waals surface area contributed by atoms with Gasteiger partial charge in [-0.15, -0.1) is 0 Å².